The first kappa shape index (κ1) is 11.3. The van der Waals surface area contributed by atoms with Gasteiger partial charge in [-0.25, -0.2) is 9.37 Å². The van der Waals surface area contributed by atoms with Crippen molar-refractivity contribution in [3.8, 4) is 0 Å². The highest BCUT2D eigenvalue weighted by molar-refractivity contribution is 6.07. The second-order valence-corrected chi connectivity index (χ2v) is 3.91. The molecule has 0 saturated carbocycles. The first-order chi connectivity index (χ1) is 9.25. The maximum absolute atomic E-state index is 13.5. The van der Waals surface area contributed by atoms with E-state index in [4.69, 9.17) is 0 Å². The highest BCUT2D eigenvalue weighted by atomic mass is 19.1. The van der Waals surface area contributed by atoms with Gasteiger partial charge in [0.25, 0.3) is 5.91 Å². The van der Waals surface area contributed by atoms with Gasteiger partial charge in [-0.1, -0.05) is 12.1 Å². The second-order valence-electron chi connectivity index (χ2n) is 3.91. The van der Waals surface area contributed by atoms with Crippen molar-refractivity contribution in [1.29, 1.82) is 0 Å². The minimum atomic E-state index is -0.568. The number of hydrogen-bond donors (Lipinski definition) is 2. The summed E-state index contributed by atoms with van der Waals surface area (Å²) in [5, 5.41) is 9.87. The predicted molar refractivity (Wildman–Crippen MR) is 68.2 cm³/mol. The van der Waals surface area contributed by atoms with Gasteiger partial charge >= 0.3 is 0 Å². The lowest BCUT2D eigenvalue weighted by Gasteiger charge is -2.03. The molecule has 1 aromatic carbocycles. The molecular weight excluding hydrogens is 247 g/mol. The number of nitrogens with one attached hydrogen (secondary N) is 2. The molecule has 0 spiro atoms. The zero-order valence-electron chi connectivity index (χ0n) is 9.72. The molecule has 2 aromatic heterocycles. The van der Waals surface area contributed by atoms with E-state index in [1.54, 1.807) is 24.4 Å². The lowest BCUT2D eigenvalue weighted by atomic mass is 10.2. The monoisotopic (exact) mass is 256 g/mol. The summed E-state index contributed by atoms with van der Waals surface area (Å²) in [6, 6.07) is 9.29. The van der Waals surface area contributed by atoms with Gasteiger partial charge in [-0.2, -0.15) is 5.10 Å². The molecule has 3 rings (SSSR count). The van der Waals surface area contributed by atoms with Crippen molar-refractivity contribution in [2.24, 2.45) is 0 Å². The van der Waals surface area contributed by atoms with Crippen LogP contribution in [-0.2, 0) is 0 Å². The summed E-state index contributed by atoms with van der Waals surface area (Å²) in [6.45, 7) is 0. The van der Waals surface area contributed by atoms with Crippen LogP contribution < -0.4 is 5.32 Å². The zero-order chi connectivity index (χ0) is 13.2. The van der Waals surface area contributed by atoms with Gasteiger partial charge in [0.15, 0.2) is 5.65 Å². The Kier molecular flexibility index (Phi) is 2.68. The Labute approximate surface area is 107 Å². The number of halogens is 1. The highest BCUT2D eigenvalue weighted by Gasteiger charge is 2.13. The number of fused-ring (bicyclic) bond motifs is 1. The standard InChI is InChI=1S/C13H9FN4O/c14-10-6-2-1-4-8(10)13(19)16-12-9-5-3-7-15-11(9)17-18-12/h1-7H,(H2,15,16,17,18,19). The quantitative estimate of drug-likeness (QED) is 0.739. The number of H-pyrrole nitrogens is 1. The van der Waals surface area contributed by atoms with E-state index < -0.39 is 11.7 Å². The molecule has 5 nitrogen and oxygen atoms in total. The number of carbonyl (C=O) groups excluding carboxylic acids is 1. The summed E-state index contributed by atoms with van der Waals surface area (Å²) in [6.07, 6.45) is 1.60. The second kappa shape index (κ2) is 4.49. The van der Waals surface area contributed by atoms with Crippen molar-refractivity contribution in [3.63, 3.8) is 0 Å². The van der Waals surface area contributed by atoms with Crippen molar-refractivity contribution < 1.29 is 9.18 Å². The molecule has 0 fully saturated rings. The fourth-order valence-corrected chi connectivity index (χ4v) is 1.77. The lowest BCUT2D eigenvalue weighted by molar-refractivity contribution is 0.102. The molecule has 3 aromatic rings. The molecule has 0 aliphatic carbocycles. The van der Waals surface area contributed by atoms with Crippen LogP contribution in [0.1, 0.15) is 10.4 Å². The SMILES string of the molecule is O=C(Nc1[nH]nc2ncccc12)c1ccccc1F. The smallest absolute Gasteiger partial charge is 0.259 e. The van der Waals surface area contributed by atoms with E-state index in [1.165, 1.54) is 18.2 Å². The molecule has 0 unspecified atom stereocenters. The molecule has 19 heavy (non-hydrogen) atoms. The molecular formula is C13H9FN4O. The predicted octanol–water partition coefficient (Wildman–Crippen LogP) is 2.35. The number of pyridine rings is 1. The summed E-state index contributed by atoms with van der Waals surface area (Å²) >= 11 is 0. The van der Waals surface area contributed by atoms with Crippen molar-refractivity contribution >= 4 is 22.8 Å². The van der Waals surface area contributed by atoms with Crippen molar-refractivity contribution in [3.05, 3.63) is 54.0 Å². The Balaban J connectivity index is 1.94. The molecule has 0 aliphatic heterocycles. The fraction of sp³-hybridized carbons (Fsp3) is 0. The van der Waals surface area contributed by atoms with E-state index in [9.17, 15) is 9.18 Å². The third kappa shape index (κ3) is 2.03. The zero-order valence-corrected chi connectivity index (χ0v) is 9.72. The van der Waals surface area contributed by atoms with Crippen molar-refractivity contribution in [2.45, 2.75) is 0 Å². The Morgan fingerprint density at radius 3 is 2.89 bits per heavy atom. The van der Waals surface area contributed by atoms with Gasteiger partial charge in [-0.3, -0.25) is 9.89 Å². The molecule has 0 saturated heterocycles. The molecule has 0 bridgehead atoms. The average Bonchev–Trinajstić information content (AvgIpc) is 2.83. The first-order valence-electron chi connectivity index (χ1n) is 5.60. The van der Waals surface area contributed by atoms with Gasteiger partial charge in [0.05, 0.1) is 10.9 Å². The summed E-state index contributed by atoms with van der Waals surface area (Å²) in [4.78, 5) is 16.0. The van der Waals surface area contributed by atoms with E-state index >= 15 is 0 Å². The van der Waals surface area contributed by atoms with Crippen LogP contribution in [0.4, 0.5) is 10.2 Å². The van der Waals surface area contributed by atoms with Crippen LogP contribution in [0.15, 0.2) is 42.6 Å². The summed E-state index contributed by atoms with van der Waals surface area (Å²) in [5.41, 5.74) is 0.473. The number of hydrogen-bond acceptors (Lipinski definition) is 3. The lowest BCUT2D eigenvalue weighted by Crippen LogP contribution is -2.14. The van der Waals surface area contributed by atoms with Gasteiger partial charge in [-0.05, 0) is 24.3 Å². The Morgan fingerprint density at radius 2 is 2.05 bits per heavy atom. The van der Waals surface area contributed by atoms with E-state index in [1.807, 2.05) is 0 Å². The van der Waals surface area contributed by atoms with Crippen molar-refractivity contribution in [1.82, 2.24) is 15.2 Å². The largest absolute Gasteiger partial charge is 0.306 e. The Hall–Kier alpha value is -2.76. The molecule has 0 aliphatic rings. The number of nitrogens with zero attached hydrogens (tertiary/aromatic N) is 2. The average molecular weight is 256 g/mol. The van der Waals surface area contributed by atoms with Crippen LogP contribution in [0.25, 0.3) is 11.0 Å². The molecule has 2 N–H and O–H groups in total. The molecule has 94 valence electrons. The minimum Gasteiger partial charge on any atom is -0.306 e. The normalized spacial score (nSPS) is 10.6. The van der Waals surface area contributed by atoms with Crippen molar-refractivity contribution in [2.75, 3.05) is 5.32 Å². The van der Waals surface area contributed by atoms with E-state index in [-0.39, 0.29) is 5.56 Å². The number of amides is 1. The van der Waals surface area contributed by atoms with Gasteiger partial charge in [-0.15, -0.1) is 0 Å². The number of rotatable bonds is 2. The Bertz CT molecular complexity index is 753. The third-order valence-corrected chi connectivity index (χ3v) is 2.69. The first-order valence-corrected chi connectivity index (χ1v) is 5.60. The fourth-order valence-electron chi connectivity index (χ4n) is 1.77. The van der Waals surface area contributed by atoms with Crippen LogP contribution >= 0.6 is 0 Å². The van der Waals surface area contributed by atoms with Gasteiger partial charge < -0.3 is 5.32 Å². The maximum Gasteiger partial charge on any atom is 0.259 e. The topological polar surface area (TPSA) is 70.7 Å². The number of aromatic nitrogens is 3. The Morgan fingerprint density at radius 1 is 1.21 bits per heavy atom. The van der Waals surface area contributed by atoms with Gasteiger partial charge in [0, 0.05) is 6.20 Å². The maximum atomic E-state index is 13.5. The number of carbonyl (C=O) groups is 1. The van der Waals surface area contributed by atoms with Crippen LogP contribution in [-0.4, -0.2) is 21.1 Å². The summed E-state index contributed by atoms with van der Waals surface area (Å²) in [5.74, 6) is -0.703. The molecule has 6 heteroatoms. The highest BCUT2D eigenvalue weighted by Crippen LogP contribution is 2.18. The van der Waals surface area contributed by atoms with Gasteiger partial charge in [0.1, 0.15) is 11.6 Å². The molecule has 0 radical (unpaired) electrons. The minimum absolute atomic E-state index is 0.0193. The van der Waals surface area contributed by atoms with E-state index in [2.05, 4.69) is 20.5 Å². The number of anilines is 1. The van der Waals surface area contributed by atoms with Crippen LogP contribution in [0.3, 0.4) is 0 Å². The van der Waals surface area contributed by atoms with Crippen LogP contribution in [0.2, 0.25) is 0 Å². The van der Waals surface area contributed by atoms with Gasteiger partial charge in [0.2, 0.25) is 0 Å². The molecule has 0 atom stereocenters. The van der Waals surface area contributed by atoms with Crippen LogP contribution in [0.5, 0.6) is 0 Å². The van der Waals surface area contributed by atoms with Crippen LogP contribution in [0, 0.1) is 5.82 Å². The number of aromatic amines is 1. The van der Waals surface area contributed by atoms with E-state index in [0.717, 1.165) is 0 Å². The molecule has 1 amide bonds. The van der Waals surface area contributed by atoms with E-state index in [0.29, 0.717) is 16.9 Å². The summed E-state index contributed by atoms with van der Waals surface area (Å²) in [7, 11) is 0. The third-order valence-electron chi connectivity index (χ3n) is 2.69. The molecule has 2 heterocycles. The number of benzene rings is 1. The summed E-state index contributed by atoms with van der Waals surface area (Å²) < 4.78 is 13.5.